The Morgan fingerprint density at radius 1 is 1.38 bits per heavy atom. The molecule has 1 rings (SSSR count). The van der Waals surface area contributed by atoms with Gasteiger partial charge in [-0.3, -0.25) is 0 Å². The lowest BCUT2D eigenvalue weighted by Gasteiger charge is -2.36. The molecule has 0 heterocycles. The van der Waals surface area contributed by atoms with Crippen molar-refractivity contribution in [2.24, 2.45) is 16.6 Å². The summed E-state index contributed by atoms with van der Waals surface area (Å²) in [6, 6.07) is 0. The molecule has 0 amide bonds. The summed E-state index contributed by atoms with van der Waals surface area (Å²) in [5, 5.41) is 10.4. The molecule has 1 aliphatic carbocycles. The largest absolute Gasteiger partial charge is 0.392 e. The van der Waals surface area contributed by atoms with Crippen LogP contribution in [0.4, 0.5) is 0 Å². The number of nitrogens with two attached hydrogens (primary N) is 1. The molecule has 3 heteroatoms. The van der Waals surface area contributed by atoms with E-state index in [9.17, 15) is 5.11 Å². The van der Waals surface area contributed by atoms with Crippen molar-refractivity contribution in [2.75, 3.05) is 19.8 Å². The minimum absolute atomic E-state index is 0.0188. The highest BCUT2D eigenvalue weighted by atomic mass is 16.5. The Balaban J connectivity index is 2.52. The predicted molar refractivity (Wildman–Crippen MR) is 66.2 cm³/mol. The molecule has 2 unspecified atom stereocenters. The lowest BCUT2D eigenvalue weighted by atomic mass is 9.75. The third-order valence-corrected chi connectivity index (χ3v) is 4.16. The van der Waals surface area contributed by atoms with Gasteiger partial charge >= 0.3 is 0 Å². The average molecular weight is 229 g/mol. The summed E-state index contributed by atoms with van der Waals surface area (Å²) in [6.07, 6.45) is 3.82. The van der Waals surface area contributed by atoms with E-state index in [4.69, 9.17) is 10.5 Å². The van der Waals surface area contributed by atoms with Gasteiger partial charge < -0.3 is 15.6 Å². The highest BCUT2D eigenvalue weighted by Crippen LogP contribution is 2.51. The van der Waals surface area contributed by atoms with Crippen molar-refractivity contribution in [3.05, 3.63) is 0 Å². The lowest BCUT2D eigenvalue weighted by Crippen LogP contribution is -2.42. The molecule has 0 radical (unpaired) electrons. The van der Waals surface area contributed by atoms with Crippen molar-refractivity contribution < 1.29 is 9.84 Å². The second-order valence-corrected chi connectivity index (χ2v) is 5.76. The molecule has 1 saturated carbocycles. The van der Waals surface area contributed by atoms with Gasteiger partial charge in [0.05, 0.1) is 6.10 Å². The minimum Gasteiger partial charge on any atom is -0.392 e. The van der Waals surface area contributed by atoms with E-state index in [2.05, 4.69) is 13.8 Å². The molecule has 0 spiro atoms. The number of aliphatic hydroxyl groups is 1. The van der Waals surface area contributed by atoms with Crippen LogP contribution >= 0.6 is 0 Å². The summed E-state index contributed by atoms with van der Waals surface area (Å²) >= 11 is 0. The van der Waals surface area contributed by atoms with Crippen LogP contribution in [0, 0.1) is 10.8 Å². The first-order valence-corrected chi connectivity index (χ1v) is 6.44. The van der Waals surface area contributed by atoms with Gasteiger partial charge in [0.25, 0.3) is 0 Å². The molecule has 0 saturated heterocycles. The first-order valence-electron chi connectivity index (χ1n) is 6.44. The third-order valence-electron chi connectivity index (χ3n) is 4.16. The van der Waals surface area contributed by atoms with Gasteiger partial charge in [-0.1, -0.05) is 13.8 Å². The maximum absolute atomic E-state index is 10.4. The Morgan fingerprint density at radius 3 is 2.50 bits per heavy atom. The monoisotopic (exact) mass is 229 g/mol. The third kappa shape index (κ3) is 2.76. The van der Waals surface area contributed by atoms with Gasteiger partial charge in [0, 0.05) is 25.2 Å². The highest BCUT2D eigenvalue weighted by molar-refractivity contribution is 5.01. The van der Waals surface area contributed by atoms with E-state index in [0.717, 1.165) is 38.9 Å². The van der Waals surface area contributed by atoms with Gasteiger partial charge in [0.15, 0.2) is 0 Å². The van der Waals surface area contributed by atoms with E-state index in [-0.39, 0.29) is 16.9 Å². The quantitative estimate of drug-likeness (QED) is 0.684. The van der Waals surface area contributed by atoms with Gasteiger partial charge in [0.1, 0.15) is 0 Å². The number of rotatable bonds is 6. The fraction of sp³-hybridized carbons (Fsp3) is 1.00. The van der Waals surface area contributed by atoms with Crippen LogP contribution in [0.25, 0.3) is 0 Å². The van der Waals surface area contributed by atoms with Crippen LogP contribution in [0.15, 0.2) is 0 Å². The number of aliphatic hydroxyl groups excluding tert-OH is 1. The highest BCUT2D eigenvalue weighted by Gasteiger charge is 2.50. The molecule has 0 aromatic rings. The molecule has 1 aliphatic rings. The molecular formula is C13H27NO2. The number of ether oxygens (including phenoxy) is 1. The van der Waals surface area contributed by atoms with Crippen LogP contribution in [-0.2, 0) is 4.74 Å². The maximum atomic E-state index is 10.4. The standard InChI is InChI=1S/C13H27NO2/c1-4-16-9-5-6-13(10-14)8-7-12(2,3)11(13)15/h11,15H,4-10,14H2,1-3H3. The predicted octanol–water partition coefficient (Wildman–Crippen LogP) is 1.93. The smallest absolute Gasteiger partial charge is 0.0659 e. The van der Waals surface area contributed by atoms with Crippen LogP contribution in [0.2, 0.25) is 0 Å². The van der Waals surface area contributed by atoms with Crippen LogP contribution in [-0.4, -0.2) is 31.0 Å². The molecule has 3 nitrogen and oxygen atoms in total. The maximum Gasteiger partial charge on any atom is 0.0659 e. The van der Waals surface area contributed by atoms with E-state index in [0.29, 0.717) is 6.54 Å². The van der Waals surface area contributed by atoms with Crippen LogP contribution in [0.3, 0.4) is 0 Å². The number of hydrogen-bond acceptors (Lipinski definition) is 3. The lowest BCUT2D eigenvalue weighted by molar-refractivity contribution is -0.0135. The fourth-order valence-electron chi connectivity index (χ4n) is 2.92. The van der Waals surface area contributed by atoms with E-state index >= 15 is 0 Å². The Labute approximate surface area is 99.4 Å². The van der Waals surface area contributed by atoms with Gasteiger partial charge in [-0.05, 0) is 38.0 Å². The minimum atomic E-state index is -0.272. The van der Waals surface area contributed by atoms with Crippen molar-refractivity contribution >= 4 is 0 Å². The molecule has 16 heavy (non-hydrogen) atoms. The van der Waals surface area contributed by atoms with Gasteiger partial charge in [-0.15, -0.1) is 0 Å². The summed E-state index contributed by atoms with van der Waals surface area (Å²) in [6.45, 7) is 8.42. The summed E-state index contributed by atoms with van der Waals surface area (Å²) in [5.74, 6) is 0. The molecule has 0 bridgehead atoms. The number of hydrogen-bond donors (Lipinski definition) is 2. The molecule has 0 aromatic carbocycles. The zero-order valence-corrected chi connectivity index (χ0v) is 11.0. The van der Waals surface area contributed by atoms with Gasteiger partial charge in [-0.25, -0.2) is 0 Å². The molecule has 96 valence electrons. The van der Waals surface area contributed by atoms with Crippen molar-refractivity contribution in [1.82, 2.24) is 0 Å². The first kappa shape index (κ1) is 13.9. The molecular weight excluding hydrogens is 202 g/mol. The van der Waals surface area contributed by atoms with Crippen molar-refractivity contribution in [3.63, 3.8) is 0 Å². The summed E-state index contributed by atoms with van der Waals surface area (Å²) in [5.41, 5.74) is 5.84. The van der Waals surface area contributed by atoms with Crippen molar-refractivity contribution in [3.8, 4) is 0 Å². The Hall–Kier alpha value is -0.120. The summed E-state index contributed by atoms with van der Waals surface area (Å²) < 4.78 is 5.35. The zero-order valence-electron chi connectivity index (χ0n) is 11.0. The zero-order chi connectivity index (χ0) is 12.2. The van der Waals surface area contributed by atoms with Gasteiger partial charge in [0.2, 0.25) is 0 Å². The van der Waals surface area contributed by atoms with Crippen LogP contribution in [0.5, 0.6) is 0 Å². The van der Waals surface area contributed by atoms with E-state index in [1.807, 2.05) is 6.92 Å². The average Bonchev–Trinajstić information content (AvgIpc) is 2.49. The molecule has 3 N–H and O–H groups in total. The van der Waals surface area contributed by atoms with Crippen LogP contribution < -0.4 is 5.73 Å². The molecule has 0 aromatic heterocycles. The van der Waals surface area contributed by atoms with E-state index in [1.54, 1.807) is 0 Å². The Morgan fingerprint density at radius 2 is 2.06 bits per heavy atom. The van der Waals surface area contributed by atoms with E-state index < -0.39 is 0 Å². The second kappa shape index (κ2) is 5.48. The van der Waals surface area contributed by atoms with Crippen molar-refractivity contribution in [1.29, 1.82) is 0 Å². The summed E-state index contributed by atoms with van der Waals surface area (Å²) in [4.78, 5) is 0. The second-order valence-electron chi connectivity index (χ2n) is 5.76. The van der Waals surface area contributed by atoms with E-state index in [1.165, 1.54) is 0 Å². The normalized spacial score (nSPS) is 33.2. The first-order chi connectivity index (χ1) is 7.48. The molecule has 1 fully saturated rings. The Bertz CT molecular complexity index is 218. The fourth-order valence-corrected chi connectivity index (χ4v) is 2.92. The topological polar surface area (TPSA) is 55.5 Å². The van der Waals surface area contributed by atoms with Crippen LogP contribution in [0.1, 0.15) is 46.5 Å². The summed E-state index contributed by atoms with van der Waals surface area (Å²) in [7, 11) is 0. The molecule has 0 aliphatic heterocycles. The van der Waals surface area contributed by atoms with Crippen molar-refractivity contribution in [2.45, 2.75) is 52.6 Å². The Kier molecular flexibility index (Phi) is 4.77. The SMILES string of the molecule is CCOCCCC1(CN)CCC(C)(C)C1O. The van der Waals surface area contributed by atoms with Gasteiger partial charge in [-0.2, -0.15) is 0 Å². The molecule has 2 atom stereocenters.